The first-order chi connectivity index (χ1) is 9.65. The highest BCUT2D eigenvalue weighted by molar-refractivity contribution is 5.56. The molecule has 1 heterocycles. The Kier molecular flexibility index (Phi) is 4.97. The molecule has 4 heteroatoms. The maximum Gasteiger partial charge on any atom is 0.146 e. The van der Waals surface area contributed by atoms with Crippen molar-refractivity contribution in [3.05, 3.63) is 22.9 Å². The van der Waals surface area contributed by atoms with E-state index >= 15 is 0 Å². The molecular weight excluding hydrogens is 248 g/mol. The van der Waals surface area contributed by atoms with Gasteiger partial charge in [-0.2, -0.15) is 5.26 Å². The molecule has 0 amide bonds. The Morgan fingerprint density at radius 1 is 1.30 bits per heavy atom. The lowest BCUT2D eigenvalue weighted by Gasteiger charge is -2.24. The van der Waals surface area contributed by atoms with E-state index in [0.717, 1.165) is 50.3 Å². The minimum atomic E-state index is 0.734. The number of fused-ring (bicyclic) bond motifs is 1. The fraction of sp³-hybridized carbons (Fsp3) is 0.625. The molecule has 0 aromatic carbocycles. The van der Waals surface area contributed by atoms with Gasteiger partial charge in [-0.15, -0.1) is 0 Å². The first kappa shape index (κ1) is 14.8. The summed E-state index contributed by atoms with van der Waals surface area (Å²) in [6, 6.07) is 4.38. The van der Waals surface area contributed by atoms with Gasteiger partial charge in [0.1, 0.15) is 11.9 Å². The van der Waals surface area contributed by atoms with Crippen molar-refractivity contribution in [1.82, 2.24) is 9.88 Å². The van der Waals surface area contributed by atoms with Gasteiger partial charge in [0.05, 0.1) is 5.56 Å². The summed E-state index contributed by atoms with van der Waals surface area (Å²) in [7, 11) is 4.18. The SMILES string of the molecule is CCN(CCCN(C)C)c1nc2c(cc1C#N)CCC2. The van der Waals surface area contributed by atoms with Crippen LogP contribution in [0.1, 0.15) is 36.6 Å². The highest BCUT2D eigenvalue weighted by Crippen LogP contribution is 2.27. The van der Waals surface area contributed by atoms with Crippen LogP contribution in [0.5, 0.6) is 0 Å². The number of nitriles is 1. The second-order valence-electron chi connectivity index (χ2n) is 5.67. The fourth-order valence-corrected chi connectivity index (χ4v) is 2.78. The van der Waals surface area contributed by atoms with E-state index in [0.29, 0.717) is 0 Å². The molecule has 2 rings (SSSR count). The Morgan fingerprint density at radius 2 is 2.10 bits per heavy atom. The van der Waals surface area contributed by atoms with Crippen LogP contribution in [-0.4, -0.2) is 43.6 Å². The third-order valence-electron chi connectivity index (χ3n) is 3.87. The molecule has 1 aromatic heterocycles. The summed E-state index contributed by atoms with van der Waals surface area (Å²) in [5, 5.41) is 9.38. The molecule has 1 aliphatic carbocycles. The average Bonchev–Trinajstić information content (AvgIpc) is 2.89. The van der Waals surface area contributed by atoms with Crippen molar-refractivity contribution in [2.24, 2.45) is 0 Å². The van der Waals surface area contributed by atoms with Gasteiger partial charge < -0.3 is 9.80 Å². The second kappa shape index (κ2) is 6.71. The van der Waals surface area contributed by atoms with E-state index in [1.165, 1.54) is 17.7 Å². The quantitative estimate of drug-likeness (QED) is 0.796. The Hall–Kier alpha value is -1.60. The lowest BCUT2D eigenvalue weighted by atomic mass is 10.1. The molecule has 108 valence electrons. The van der Waals surface area contributed by atoms with Gasteiger partial charge in [-0.3, -0.25) is 0 Å². The number of aromatic nitrogens is 1. The van der Waals surface area contributed by atoms with Crippen LogP contribution in [-0.2, 0) is 12.8 Å². The summed E-state index contributed by atoms with van der Waals surface area (Å²) in [5.74, 6) is 0.884. The molecule has 0 saturated heterocycles. The van der Waals surface area contributed by atoms with Gasteiger partial charge in [-0.25, -0.2) is 4.98 Å². The lowest BCUT2D eigenvalue weighted by Crippen LogP contribution is -2.28. The van der Waals surface area contributed by atoms with Crippen molar-refractivity contribution < 1.29 is 0 Å². The zero-order chi connectivity index (χ0) is 14.5. The van der Waals surface area contributed by atoms with Gasteiger partial charge in [-0.05, 0) is 64.9 Å². The molecule has 0 N–H and O–H groups in total. The smallest absolute Gasteiger partial charge is 0.146 e. The molecule has 0 fully saturated rings. The van der Waals surface area contributed by atoms with Crippen molar-refractivity contribution in [1.29, 1.82) is 5.26 Å². The molecular formula is C16H24N4. The van der Waals surface area contributed by atoms with Gasteiger partial charge in [0, 0.05) is 18.8 Å². The number of anilines is 1. The summed E-state index contributed by atoms with van der Waals surface area (Å²) in [6.45, 7) is 5.04. The van der Waals surface area contributed by atoms with E-state index < -0.39 is 0 Å². The monoisotopic (exact) mass is 272 g/mol. The number of nitrogens with zero attached hydrogens (tertiary/aromatic N) is 4. The molecule has 0 spiro atoms. The Bertz CT molecular complexity index is 502. The Labute approximate surface area is 122 Å². The van der Waals surface area contributed by atoms with Crippen LogP contribution in [0.25, 0.3) is 0 Å². The van der Waals surface area contributed by atoms with Crippen molar-refractivity contribution >= 4 is 5.82 Å². The van der Waals surface area contributed by atoms with Crippen LogP contribution in [0.3, 0.4) is 0 Å². The van der Waals surface area contributed by atoms with Crippen molar-refractivity contribution in [3.8, 4) is 6.07 Å². The second-order valence-corrected chi connectivity index (χ2v) is 5.67. The molecule has 0 radical (unpaired) electrons. The molecule has 1 aromatic rings. The summed E-state index contributed by atoms with van der Waals surface area (Å²) in [5.41, 5.74) is 3.21. The molecule has 20 heavy (non-hydrogen) atoms. The fourth-order valence-electron chi connectivity index (χ4n) is 2.78. The number of hydrogen-bond donors (Lipinski definition) is 0. The first-order valence-electron chi connectivity index (χ1n) is 7.48. The van der Waals surface area contributed by atoms with E-state index in [2.05, 4.69) is 43.0 Å². The van der Waals surface area contributed by atoms with Gasteiger partial charge in [0.25, 0.3) is 0 Å². The van der Waals surface area contributed by atoms with Crippen LogP contribution in [0.2, 0.25) is 0 Å². The van der Waals surface area contributed by atoms with E-state index in [4.69, 9.17) is 4.98 Å². The number of hydrogen-bond acceptors (Lipinski definition) is 4. The molecule has 0 unspecified atom stereocenters. The van der Waals surface area contributed by atoms with Crippen molar-refractivity contribution in [2.75, 3.05) is 38.6 Å². The summed E-state index contributed by atoms with van der Waals surface area (Å²) >= 11 is 0. The molecule has 4 nitrogen and oxygen atoms in total. The highest BCUT2D eigenvalue weighted by atomic mass is 15.2. The van der Waals surface area contributed by atoms with Crippen molar-refractivity contribution in [3.63, 3.8) is 0 Å². The van der Waals surface area contributed by atoms with Crippen molar-refractivity contribution in [2.45, 2.75) is 32.6 Å². The standard InChI is InChI=1S/C16H24N4/c1-4-20(10-6-9-19(2)3)16-14(12-17)11-13-7-5-8-15(13)18-16/h11H,4-10H2,1-3H3. The van der Waals surface area contributed by atoms with E-state index in [-0.39, 0.29) is 0 Å². The largest absolute Gasteiger partial charge is 0.356 e. The van der Waals surface area contributed by atoms with Gasteiger partial charge in [-0.1, -0.05) is 0 Å². The third-order valence-corrected chi connectivity index (χ3v) is 3.87. The zero-order valence-electron chi connectivity index (χ0n) is 12.8. The summed E-state index contributed by atoms with van der Waals surface area (Å²) in [4.78, 5) is 9.21. The third kappa shape index (κ3) is 3.29. The highest BCUT2D eigenvalue weighted by Gasteiger charge is 2.19. The van der Waals surface area contributed by atoms with Gasteiger partial charge in [0.2, 0.25) is 0 Å². The van der Waals surface area contributed by atoms with E-state index in [9.17, 15) is 5.26 Å². The lowest BCUT2D eigenvalue weighted by molar-refractivity contribution is 0.400. The van der Waals surface area contributed by atoms with E-state index in [1.807, 2.05) is 0 Å². The molecule has 0 saturated carbocycles. The molecule has 1 aliphatic rings. The Morgan fingerprint density at radius 3 is 2.75 bits per heavy atom. The zero-order valence-corrected chi connectivity index (χ0v) is 12.8. The number of rotatable bonds is 6. The first-order valence-corrected chi connectivity index (χ1v) is 7.48. The van der Waals surface area contributed by atoms with Crippen LogP contribution in [0.4, 0.5) is 5.82 Å². The normalized spacial score (nSPS) is 13.3. The molecule has 0 aliphatic heterocycles. The summed E-state index contributed by atoms with van der Waals surface area (Å²) in [6.07, 6.45) is 4.39. The van der Waals surface area contributed by atoms with Crippen LogP contribution in [0.15, 0.2) is 6.07 Å². The van der Waals surface area contributed by atoms with Crippen LogP contribution in [0, 0.1) is 11.3 Å². The van der Waals surface area contributed by atoms with Gasteiger partial charge >= 0.3 is 0 Å². The van der Waals surface area contributed by atoms with Crippen LogP contribution < -0.4 is 4.90 Å². The maximum atomic E-state index is 9.38. The maximum absolute atomic E-state index is 9.38. The predicted octanol–water partition coefficient (Wildman–Crippen LogP) is 2.22. The predicted molar refractivity (Wildman–Crippen MR) is 82.0 cm³/mol. The molecule has 0 bridgehead atoms. The minimum absolute atomic E-state index is 0.734. The van der Waals surface area contributed by atoms with E-state index in [1.54, 1.807) is 0 Å². The Balaban J connectivity index is 2.18. The van der Waals surface area contributed by atoms with Crippen LogP contribution >= 0.6 is 0 Å². The topological polar surface area (TPSA) is 43.2 Å². The number of aryl methyl sites for hydroxylation is 2. The average molecular weight is 272 g/mol. The number of pyridine rings is 1. The minimum Gasteiger partial charge on any atom is -0.356 e. The van der Waals surface area contributed by atoms with Gasteiger partial charge in [0.15, 0.2) is 0 Å². The molecule has 0 atom stereocenters. The summed E-state index contributed by atoms with van der Waals surface area (Å²) < 4.78 is 0.